The van der Waals surface area contributed by atoms with Gasteiger partial charge >= 0.3 is 6.18 Å². The lowest BCUT2D eigenvalue weighted by Crippen LogP contribution is -2.18. The van der Waals surface area contributed by atoms with Gasteiger partial charge in [0.25, 0.3) is 5.56 Å². The second kappa shape index (κ2) is 6.55. The molecule has 0 aliphatic carbocycles. The van der Waals surface area contributed by atoms with Crippen molar-refractivity contribution in [3.63, 3.8) is 0 Å². The van der Waals surface area contributed by atoms with Crippen molar-refractivity contribution in [2.24, 2.45) is 0 Å². The van der Waals surface area contributed by atoms with Crippen LogP contribution in [0.5, 0.6) is 0 Å². The van der Waals surface area contributed by atoms with E-state index < -0.39 is 17.3 Å². The van der Waals surface area contributed by atoms with E-state index in [1.54, 1.807) is 30.6 Å². The number of fused-ring (bicyclic) bond motifs is 3. The van der Waals surface area contributed by atoms with Gasteiger partial charge in [-0.25, -0.2) is 0 Å². The molecule has 0 aliphatic heterocycles. The molecule has 1 N–H and O–H groups in total. The first-order chi connectivity index (χ1) is 14.4. The second-order valence-corrected chi connectivity index (χ2v) is 6.82. The highest BCUT2D eigenvalue weighted by Crippen LogP contribution is 2.32. The van der Waals surface area contributed by atoms with E-state index in [-0.39, 0.29) is 5.69 Å². The minimum atomic E-state index is -4.51. The van der Waals surface area contributed by atoms with Gasteiger partial charge in [-0.15, -0.1) is 0 Å². The first-order valence-corrected chi connectivity index (χ1v) is 9.04. The summed E-state index contributed by atoms with van der Waals surface area (Å²) in [5.41, 5.74) is 1.60. The zero-order valence-electron chi connectivity index (χ0n) is 15.3. The van der Waals surface area contributed by atoms with Crippen LogP contribution in [-0.4, -0.2) is 19.7 Å². The molecule has 30 heavy (non-hydrogen) atoms. The van der Waals surface area contributed by atoms with Gasteiger partial charge in [0, 0.05) is 40.5 Å². The van der Waals surface area contributed by atoms with Crippen LogP contribution < -0.4 is 5.56 Å². The molecule has 0 fully saturated rings. The number of nitrogens with one attached hydrogen (secondary N) is 1. The smallest absolute Gasteiger partial charge is 0.278 e. The number of hydrogen-bond donors (Lipinski definition) is 1. The number of benzene rings is 2. The number of nitrogens with zero attached hydrogens (tertiary/aromatic N) is 3. The molecule has 5 nitrogen and oxygen atoms in total. The minimum absolute atomic E-state index is 0.139. The standard InChI is InChI=1S/C22H13F3N4O/c23-22(24,25)15-2-1-3-16(11-15)29-20(30)7-5-14-12-26-19-6-4-13(10-17(19)21(14)29)18-8-9-27-28-18/h1-12H,(H,27,28). The molecule has 0 aliphatic rings. The topological polar surface area (TPSA) is 63.6 Å². The fraction of sp³-hybridized carbons (Fsp3) is 0.0455. The number of hydrogen-bond acceptors (Lipinski definition) is 3. The van der Waals surface area contributed by atoms with Crippen molar-refractivity contribution in [3.05, 3.63) is 89.0 Å². The molecule has 0 radical (unpaired) electrons. The number of pyridine rings is 2. The van der Waals surface area contributed by atoms with Crippen LogP contribution in [0.25, 0.3) is 38.8 Å². The van der Waals surface area contributed by atoms with Gasteiger partial charge in [-0.2, -0.15) is 18.3 Å². The number of halogens is 3. The molecule has 148 valence electrons. The molecular formula is C22H13F3N4O. The summed E-state index contributed by atoms with van der Waals surface area (Å²) in [6, 6.07) is 15.0. The summed E-state index contributed by atoms with van der Waals surface area (Å²) >= 11 is 0. The predicted octanol–water partition coefficient (Wildman–Crippen LogP) is 4.95. The van der Waals surface area contributed by atoms with E-state index in [0.29, 0.717) is 21.8 Å². The van der Waals surface area contributed by atoms with Gasteiger partial charge in [0.1, 0.15) is 0 Å². The Morgan fingerprint density at radius 2 is 1.83 bits per heavy atom. The lowest BCUT2D eigenvalue weighted by Gasteiger charge is -2.15. The van der Waals surface area contributed by atoms with Crippen LogP contribution in [0, 0.1) is 0 Å². The van der Waals surface area contributed by atoms with Crippen LogP contribution >= 0.6 is 0 Å². The van der Waals surface area contributed by atoms with Crippen LogP contribution in [0.2, 0.25) is 0 Å². The monoisotopic (exact) mass is 406 g/mol. The molecule has 2 aromatic carbocycles. The van der Waals surface area contributed by atoms with Crippen molar-refractivity contribution < 1.29 is 13.2 Å². The van der Waals surface area contributed by atoms with Gasteiger partial charge in [-0.3, -0.25) is 19.4 Å². The van der Waals surface area contributed by atoms with Gasteiger partial charge in [-0.05, 0) is 42.5 Å². The van der Waals surface area contributed by atoms with Crippen molar-refractivity contribution in [1.82, 2.24) is 19.7 Å². The number of H-pyrrole nitrogens is 1. The van der Waals surface area contributed by atoms with Crippen molar-refractivity contribution in [3.8, 4) is 16.9 Å². The summed E-state index contributed by atoms with van der Waals surface area (Å²) in [7, 11) is 0. The average Bonchev–Trinajstić information content (AvgIpc) is 3.27. The maximum absolute atomic E-state index is 13.3. The Morgan fingerprint density at radius 3 is 2.60 bits per heavy atom. The number of rotatable bonds is 2. The van der Waals surface area contributed by atoms with Crippen LogP contribution in [0.3, 0.4) is 0 Å². The highest BCUT2D eigenvalue weighted by atomic mass is 19.4. The van der Waals surface area contributed by atoms with E-state index in [9.17, 15) is 18.0 Å². The van der Waals surface area contributed by atoms with Crippen molar-refractivity contribution in [2.45, 2.75) is 6.18 Å². The molecule has 3 heterocycles. The Bertz CT molecular complexity index is 1450. The minimum Gasteiger partial charge on any atom is -0.278 e. The summed E-state index contributed by atoms with van der Waals surface area (Å²) in [5.74, 6) is 0. The van der Waals surface area contributed by atoms with E-state index in [1.165, 1.54) is 22.8 Å². The lowest BCUT2D eigenvalue weighted by atomic mass is 10.1. The SMILES string of the molecule is O=c1ccc2cnc3ccc(-c4ccn[nH]4)cc3c2n1-c1cccc(C(F)(F)F)c1. The molecule has 0 bridgehead atoms. The maximum Gasteiger partial charge on any atom is 0.416 e. The van der Waals surface area contributed by atoms with Crippen LogP contribution in [0.1, 0.15) is 5.56 Å². The number of alkyl halides is 3. The summed E-state index contributed by atoms with van der Waals surface area (Å²) in [4.78, 5) is 17.2. The highest BCUT2D eigenvalue weighted by Gasteiger charge is 2.30. The second-order valence-electron chi connectivity index (χ2n) is 6.82. The van der Waals surface area contributed by atoms with E-state index in [4.69, 9.17) is 0 Å². The first kappa shape index (κ1) is 18.1. The molecule has 3 aromatic heterocycles. The molecule has 0 spiro atoms. The largest absolute Gasteiger partial charge is 0.416 e. The van der Waals surface area contributed by atoms with Crippen LogP contribution in [0.4, 0.5) is 13.2 Å². The van der Waals surface area contributed by atoms with Gasteiger partial charge in [0.05, 0.1) is 22.3 Å². The summed E-state index contributed by atoms with van der Waals surface area (Å²) < 4.78 is 41.1. The number of aromatic nitrogens is 4. The fourth-order valence-corrected chi connectivity index (χ4v) is 3.57. The van der Waals surface area contributed by atoms with E-state index in [2.05, 4.69) is 15.2 Å². The van der Waals surface area contributed by atoms with Crippen molar-refractivity contribution >= 4 is 21.8 Å². The first-order valence-electron chi connectivity index (χ1n) is 9.04. The Balaban J connectivity index is 1.87. The van der Waals surface area contributed by atoms with Gasteiger partial charge in [-0.1, -0.05) is 12.1 Å². The molecule has 8 heteroatoms. The average molecular weight is 406 g/mol. The van der Waals surface area contributed by atoms with E-state index in [0.717, 1.165) is 23.4 Å². The lowest BCUT2D eigenvalue weighted by molar-refractivity contribution is -0.137. The zero-order chi connectivity index (χ0) is 20.9. The maximum atomic E-state index is 13.3. The molecule has 0 unspecified atom stereocenters. The molecule has 5 aromatic rings. The zero-order valence-corrected chi connectivity index (χ0v) is 15.3. The molecule has 0 amide bonds. The third-order valence-electron chi connectivity index (χ3n) is 4.96. The predicted molar refractivity (Wildman–Crippen MR) is 107 cm³/mol. The van der Waals surface area contributed by atoms with Gasteiger partial charge in [0.2, 0.25) is 0 Å². The normalized spacial score (nSPS) is 12.0. The van der Waals surface area contributed by atoms with Crippen molar-refractivity contribution in [1.29, 1.82) is 0 Å². The Labute approximate surface area is 167 Å². The fourth-order valence-electron chi connectivity index (χ4n) is 3.57. The summed E-state index contributed by atoms with van der Waals surface area (Å²) in [6.45, 7) is 0. The summed E-state index contributed by atoms with van der Waals surface area (Å²) in [5, 5.41) is 8.12. The van der Waals surface area contributed by atoms with Crippen LogP contribution in [-0.2, 0) is 6.18 Å². The Morgan fingerprint density at radius 1 is 0.967 bits per heavy atom. The number of aromatic amines is 1. The third kappa shape index (κ3) is 2.93. The van der Waals surface area contributed by atoms with Gasteiger partial charge < -0.3 is 0 Å². The van der Waals surface area contributed by atoms with Crippen molar-refractivity contribution in [2.75, 3.05) is 0 Å². The third-order valence-corrected chi connectivity index (χ3v) is 4.96. The Hall–Kier alpha value is -3.94. The van der Waals surface area contributed by atoms with E-state index in [1.807, 2.05) is 12.1 Å². The molecular weight excluding hydrogens is 393 g/mol. The van der Waals surface area contributed by atoms with E-state index >= 15 is 0 Å². The Kier molecular flexibility index (Phi) is 3.95. The molecule has 5 rings (SSSR count). The van der Waals surface area contributed by atoms with Crippen LogP contribution in [0.15, 0.2) is 77.9 Å². The molecule has 0 saturated carbocycles. The molecule has 0 saturated heterocycles. The summed E-state index contributed by atoms with van der Waals surface area (Å²) in [6.07, 6.45) is -1.28. The highest BCUT2D eigenvalue weighted by molar-refractivity contribution is 6.05. The quantitative estimate of drug-likeness (QED) is 0.422. The molecule has 0 atom stereocenters. The van der Waals surface area contributed by atoms with Gasteiger partial charge in [0.15, 0.2) is 0 Å².